The summed E-state index contributed by atoms with van der Waals surface area (Å²) in [7, 11) is 1.56. The fourth-order valence-corrected chi connectivity index (χ4v) is 2.41. The molecule has 19 heavy (non-hydrogen) atoms. The van der Waals surface area contributed by atoms with Crippen molar-refractivity contribution in [3.63, 3.8) is 0 Å². The van der Waals surface area contributed by atoms with Gasteiger partial charge in [0.15, 0.2) is 5.78 Å². The van der Waals surface area contributed by atoms with Gasteiger partial charge < -0.3 is 4.74 Å². The summed E-state index contributed by atoms with van der Waals surface area (Å²) in [5.41, 5.74) is 2.03. The molecule has 0 bridgehead atoms. The highest BCUT2D eigenvalue weighted by Gasteiger charge is 2.15. The Morgan fingerprint density at radius 1 is 1.16 bits per heavy atom. The monoisotopic (exact) mass is 338 g/mol. The zero-order chi connectivity index (χ0) is 14.0. The van der Waals surface area contributed by atoms with Crippen molar-refractivity contribution in [1.29, 1.82) is 0 Å². The number of ketones is 1. The fraction of sp³-hybridized carbons (Fsp3) is 0.133. The largest absolute Gasteiger partial charge is 0.497 e. The standard InChI is InChI=1S/C15H12BrClO2/c1-9-3-4-10(16)7-13(9)15(18)12-6-5-11(19-2)8-14(12)17/h3-8H,1-2H3. The highest BCUT2D eigenvalue weighted by molar-refractivity contribution is 9.10. The minimum absolute atomic E-state index is 0.0912. The molecule has 2 nitrogen and oxygen atoms in total. The Hall–Kier alpha value is -1.32. The van der Waals surface area contributed by atoms with E-state index < -0.39 is 0 Å². The summed E-state index contributed by atoms with van der Waals surface area (Å²) < 4.78 is 5.94. The lowest BCUT2D eigenvalue weighted by atomic mass is 9.99. The van der Waals surface area contributed by atoms with Gasteiger partial charge in [-0.1, -0.05) is 33.6 Å². The lowest BCUT2D eigenvalue weighted by molar-refractivity contribution is 0.103. The predicted octanol–water partition coefficient (Wildman–Crippen LogP) is 4.65. The quantitative estimate of drug-likeness (QED) is 0.761. The molecular formula is C15H12BrClO2. The number of rotatable bonds is 3. The number of hydrogen-bond acceptors (Lipinski definition) is 2. The summed E-state index contributed by atoms with van der Waals surface area (Å²) in [4.78, 5) is 12.5. The van der Waals surface area contributed by atoms with Crippen molar-refractivity contribution in [2.75, 3.05) is 7.11 Å². The van der Waals surface area contributed by atoms with E-state index in [1.165, 1.54) is 0 Å². The van der Waals surface area contributed by atoms with Crippen molar-refractivity contribution in [1.82, 2.24) is 0 Å². The molecule has 2 aromatic rings. The average Bonchev–Trinajstić information content (AvgIpc) is 2.40. The van der Waals surface area contributed by atoms with Crippen LogP contribution in [-0.2, 0) is 0 Å². The summed E-state index contributed by atoms with van der Waals surface area (Å²) in [6.45, 7) is 1.90. The highest BCUT2D eigenvalue weighted by Crippen LogP contribution is 2.26. The molecule has 98 valence electrons. The third-order valence-electron chi connectivity index (χ3n) is 2.87. The molecule has 0 saturated heterocycles. The Balaban J connectivity index is 2.47. The van der Waals surface area contributed by atoms with Gasteiger partial charge in [0.05, 0.1) is 12.1 Å². The maximum absolute atomic E-state index is 12.5. The first-order valence-corrected chi connectivity index (χ1v) is 6.84. The summed E-state index contributed by atoms with van der Waals surface area (Å²) in [5, 5.41) is 0.392. The van der Waals surface area contributed by atoms with Gasteiger partial charge in [0.25, 0.3) is 0 Å². The van der Waals surface area contributed by atoms with Crippen molar-refractivity contribution in [3.8, 4) is 5.75 Å². The minimum atomic E-state index is -0.0912. The molecule has 0 aliphatic rings. The summed E-state index contributed by atoms with van der Waals surface area (Å²) in [6.07, 6.45) is 0. The van der Waals surface area contributed by atoms with E-state index in [0.29, 0.717) is 21.9 Å². The normalized spacial score (nSPS) is 10.3. The van der Waals surface area contributed by atoms with Crippen LogP contribution in [0, 0.1) is 6.92 Å². The zero-order valence-electron chi connectivity index (χ0n) is 10.5. The molecule has 0 atom stereocenters. The Labute approximate surface area is 125 Å². The second-order valence-electron chi connectivity index (χ2n) is 4.13. The second-order valence-corrected chi connectivity index (χ2v) is 5.46. The number of carbonyl (C=O) groups is 1. The number of hydrogen-bond donors (Lipinski definition) is 0. The maximum Gasteiger partial charge on any atom is 0.194 e. The second kappa shape index (κ2) is 5.76. The predicted molar refractivity (Wildman–Crippen MR) is 80.3 cm³/mol. The molecule has 0 saturated carbocycles. The number of ether oxygens (including phenoxy) is 1. The molecule has 2 rings (SSSR count). The topological polar surface area (TPSA) is 26.3 Å². The van der Waals surface area contributed by atoms with Gasteiger partial charge in [0.2, 0.25) is 0 Å². The van der Waals surface area contributed by atoms with Crippen molar-refractivity contribution >= 4 is 33.3 Å². The van der Waals surface area contributed by atoms with E-state index in [9.17, 15) is 4.79 Å². The number of methoxy groups -OCH3 is 1. The van der Waals surface area contributed by atoms with Crippen LogP contribution in [0.2, 0.25) is 5.02 Å². The van der Waals surface area contributed by atoms with Crippen molar-refractivity contribution < 1.29 is 9.53 Å². The van der Waals surface area contributed by atoms with Gasteiger partial charge in [-0.05, 0) is 42.8 Å². The number of carbonyl (C=O) groups excluding carboxylic acids is 1. The summed E-state index contributed by atoms with van der Waals surface area (Å²) in [5.74, 6) is 0.541. The Morgan fingerprint density at radius 3 is 2.53 bits per heavy atom. The van der Waals surface area contributed by atoms with Crippen LogP contribution in [0.15, 0.2) is 40.9 Å². The third-order valence-corrected chi connectivity index (χ3v) is 3.67. The molecule has 0 aliphatic carbocycles. The molecule has 0 aliphatic heterocycles. The van der Waals surface area contributed by atoms with E-state index in [4.69, 9.17) is 16.3 Å². The molecule has 0 N–H and O–H groups in total. The van der Waals surface area contributed by atoms with E-state index in [0.717, 1.165) is 10.0 Å². The Morgan fingerprint density at radius 2 is 1.89 bits per heavy atom. The first kappa shape index (κ1) is 14.1. The van der Waals surface area contributed by atoms with Crippen LogP contribution >= 0.6 is 27.5 Å². The van der Waals surface area contributed by atoms with Crippen LogP contribution in [0.1, 0.15) is 21.5 Å². The van der Waals surface area contributed by atoms with Crippen LogP contribution in [0.3, 0.4) is 0 Å². The van der Waals surface area contributed by atoms with Crippen molar-refractivity contribution in [2.45, 2.75) is 6.92 Å². The van der Waals surface area contributed by atoms with Crippen LogP contribution in [-0.4, -0.2) is 12.9 Å². The molecule has 0 amide bonds. The highest BCUT2D eigenvalue weighted by atomic mass is 79.9. The van der Waals surface area contributed by atoms with Crippen LogP contribution in [0.4, 0.5) is 0 Å². The van der Waals surface area contributed by atoms with Gasteiger partial charge in [-0.25, -0.2) is 0 Å². The van der Waals surface area contributed by atoms with Gasteiger partial charge >= 0.3 is 0 Å². The molecule has 0 radical (unpaired) electrons. The van der Waals surface area contributed by atoms with E-state index in [-0.39, 0.29) is 5.78 Å². The smallest absolute Gasteiger partial charge is 0.194 e. The molecular weight excluding hydrogens is 328 g/mol. The molecule has 0 unspecified atom stereocenters. The molecule has 0 heterocycles. The summed E-state index contributed by atoms with van der Waals surface area (Å²) in [6, 6.07) is 10.7. The summed E-state index contributed by atoms with van der Waals surface area (Å²) >= 11 is 9.51. The van der Waals surface area contributed by atoms with E-state index in [1.54, 1.807) is 31.4 Å². The maximum atomic E-state index is 12.5. The lowest BCUT2D eigenvalue weighted by Crippen LogP contribution is -2.04. The SMILES string of the molecule is COc1ccc(C(=O)c2cc(Br)ccc2C)c(Cl)c1. The average molecular weight is 340 g/mol. The van der Waals surface area contributed by atoms with Gasteiger partial charge in [-0.15, -0.1) is 0 Å². The Bertz CT molecular complexity index is 638. The van der Waals surface area contributed by atoms with Gasteiger partial charge in [0.1, 0.15) is 5.75 Å². The van der Waals surface area contributed by atoms with E-state index >= 15 is 0 Å². The molecule has 0 fully saturated rings. The third kappa shape index (κ3) is 2.99. The minimum Gasteiger partial charge on any atom is -0.497 e. The van der Waals surface area contributed by atoms with Crippen LogP contribution in [0.25, 0.3) is 0 Å². The van der Waals surface area contributed by atoms with Crippen molar-refractivity contribution in [2.24, 2.45) is 0 Å². The number of halogens is 2. The van der Waals surface area contributed by atoms with Gasteiger partial charge in [-0.2, -0.15) is 0 Å². The number of benzene rings is 2. The fourth-order valence-electron chi connectivity index (χ4n) is 1.79. The molecule has 4 heteroatoms. The zero-order valence-corrected chi connectivity index (χ0v) is 12.9. The van der Waals surface area contributed by atoms with Gasteiger partial charge in [0, 0.05) is 15.6 Å². The lowest BCUT2D eigenvalue weighted by Gasteiger charge is -2.08. The Kier molecular flexibility index (Phi) is 4.27. The van der Waals surface area contributed by atoms with E-state index in [2.05, 4.69) is 15.9 Å². The van der Waals surface area contributed by atoms with Gasteiger partial charge in [-0.3, -0.25) is 4.79 Å². The first-order valence-electron chi connectivity index (χ1n) is 5.67. The molecule has 0 aromatic heterocycles. The van der Waals surface area contributed by atoms with Crippen LogP contribution in [0.5, 0.6) is 5.75 Å². The van der Waals surface area contributed by atoms with Crippen LogP contribution < -0.4 is 4.74 Å². The first-order chi connectivity index (χ1) is 9.02. The van der Waals surface area contributed by atoms with E-state index in [1.807, 2.05) is 19.1 Å². The molecule has 2 aromatic carbocycles. The van der Waals surface area contributed by atoms with Crippen molar-refractivity contribution in [3.05, 3.63) is 62.6 Å². The molecule has 0 spiro atoms. The number of aryl methyl sites for hydroxylation is 1.